The summed E-state index contributed by atoms with van der Waals surface area (Å²) >= 11 is 0. The van der Waals surface area contributed by atoms with Crippen LogP contribution in [-0.2, 0) is 14.6 Å². The van der Waals surface area contributed by atoms with Crippen molar-refractivity contribution in [2.75, 3.05) is 39.3 Å². The molecule has 1 heterocycles. The van der Waals surface area contributed by atoms with E-state index in [-0.39, 0.29) is 29.6 Å². The van der Waals surface area contributed by atoms with E-state index in [1.165, 1.54) is 19.1 Å². The van der Waals surface area contributed by atoms with Crippen molar-refractivity contribution in [3.8, 4) is 0 Å². The first-order chi connectivity index (χ1) is 11.4. The average Bonchev–Trinajstić information content (AvgIpc) is 2.56. The minimum absolute atomic E-state index is 0. The predicted octanol–water partition coefficient (Wildman–Crippen LogP) is 0.821. The molecule has 1 unspecified atom stereocenters. The van der Waals surface area contributed by atoms with Gasteiger partial charge in [-0.25, -0.2) is 12.8 Å². The zero-order valence-corrected chi connectivity index (χ0v) is 15.8. The van der Waals surface area contributed by atoms with Gasteiger partial charge in [0.05, 0.1) is 10.1 Å². The lowest BCUT2D eigenvalue weighted by molar-refractivity contribution is -0.121. The molecule has 0 radical (unpaired) electrons. The molecule has 0 spiro atoms. The molecule has 25 heavy (non-hydrogen) atoms. The number of carbonyl (C=O) groups is 1. The number of hydrogen-bond acceptors (Lipinski definition) is 5. The zero-order chi connectivity index (χ0) is 17.6. The van der Waals surface area contributed by atoms with E-state index in [1.54, 1.807) is 0 Å². The van der Waals surface area contributed by atoms with Crippen molar-refractivity contribution in [1.82, 2.24) is 15.5 Å². The Bertz CT molecular complexity index is 649. The predicted molar refractivity (Wildman–Crippen MR) is 97.2 cm³/mol. The molecule has 1 aromatic carbocycles. The van der Waals surface area contributed by atoms with Crippen molar-refractivity contribution in [2.24, 2.45) is 0 Å². The summed E-state index contributed by atoms with van der Waals surface area (Å²) < 4.78 is 37.7. The standard InChI is InChI=1S/C16H24FN3O3S.ClH/c1-13(24(22,23)15-4-2-14(17)3-5-15)12-16(21)19-8-11-20-9-6-18-7-10-20;/h2-5,13,18H,6-12H2,1H3,(H,19,21);1H. The molecule has 9 heteroatoms. The van der Waals surface area contributed by atoms with Gasteiger partial charge in [0, 0.05) is 45.7 Å². The van der Waals surface area contributed by atoms with Crippen LogP contribution in [0.3, 0.4) is 0 Å². The molecule has 1 aliphatic heterocycles. The molecule has 6 nitrogen and oxygen atoms in total. The van der Waals surface area contributed by atoms with Crippen LogP contribution in [0.5, 0.6) is 0 Å². The van der Waals surface area contributed by atoms with Gasteiger partial charge in [-0.1, -0.05) is 0 Å². The third-order valence-electron chi connectivity index (χ3n) is 4.10. The molecule has 1 amide bonds. The summed E-state index contributed by atoms with van der Waals surface area (Å²) in [5.74, 6) is -0.782. The first kappa shape index (κ1) is 21.8. The van der Waals surface area contributed by atoms with Crippen LogP contribution < -0.4 is 10.6 Å². The highest BCUT2D eigenvalue weighted by molar-refractivity contribution is 7.92. The summed E-state index contributed by atoms with van der Waals surface area (Å²) in [6.07, 6.45) is -0.110. The maximum Gasteiger partial charge on any atom is 0.221 e. The van der Waals surface area contributed by atoms with Gasteiger partial charge in [0.15, 0.2) is 9.84 Å². The van der Waals surface area contributed by atoms with Crippen LogP contribution >= 0.6 is 12.4 Å². The summed E-state index contributed by atoms with van der Waals surface area (Å²) in [5.41, 5.74) is 0. The summed E-state index contributed by atoms with van der Waals surface area (Å²) in [6.45, 7) is 6.54. The van der Waals surface area contributed by atoms with E-state index >= 15 is 0 Å². The van der Waals surface area contributed by atoms with Crippen LogP contribution in [-0.4, -0.2) is 63.7 Å². The third kappa shape index (κ3) is 6.54. The van der Waals surface area contributed by atoms with E-state index in [9.17, 15) is 17.6 Å². The highest BCUT2D eigenvalue weighted by atomic mass is 35.5. The van der Waals surface area contributed by atoms with E-state index in [2.05, 4.69) is 15.5 Å². The Balaban J connectivity index is 0.00000312. The molecular formula is C16H25ClFN3O3S. The van der Waals surface area contributed by atoms with Crippen LogP contribution in [0.15, 0.2) is 29.2 Å². The molecule has 1 atom stereocenters. The molecule has 142 valence electrons. The van der Waals surface area contributed by atoms with Gasteiger partial charge in [-0.3, -0.25) is 9.69 Å². The number of rotatable bonds is 7. The van der Waals surface area contributed by atoms with Gasteiger partial charge in [-0.05, 0) is 31.2 Å². The fraction of sp³-hybridized carbons (Fsp3) is 0.562. The maximum atomic E-state index is 12.9. The third-order valence-corrected chi connectivity index (χ3v) is 6.26. The van der Waals surface area contributed by atoms with Crippen LogP contribution in [0.2, 0.25) is 0 Å². The number of halogens is 2. The van der Waals surface area contributed by atoms with Crippen molar-refractivity contribution in [2.45, 2.75) is 23.5 Å². The van der Waals surface area contributed by atoms with E-state index in [4.69, 9.17) is 0 Å². The number of sulfone groups is 1. The Morgan fingerprint density at radius 3 is 2.48 bits per heavy atom. The van der Waals surface area contributed by atoms with Crippen molar-refractivity contribution in [1.29, 1.82) is 0 Å². The van der Waals surface area contributed by atoms with Crippen LogP contribution in [0.4, 0.5) is 4.39 Å². The molecular weight excluding hydrogens is 369 g/mol. The highest BCUT2D eigenvalue weighted by Gasteiger charge is 2.25. The zero-order valence-electron chi connectivity index (χ0n) is 14.2. The minimum atomic E-state index is -3.64. The molecule has 0 saturated carbocycles. The lowest BCUT2D eigenvalue weighted by Gasteiger charge is -2.27. The lowest BCUT2D eigenvalue weighted by Crippen LogP contribution is -2.46. The topological polar surface area (TPSA) is 78.5 Å². The van der Waals surface area contributed by atoms with Crippen LogP contribution in [0.1, 0.15) is 13.3 Å². The minimum Gasteiger partial charge on any atom is -0.355 e. The van der Waals surface area contributed by atoms with Crippen LogP contribution in [0.25, 0.3) is 0 Å². The lowest BCUT2D eigenvalue weighted by atomic mass is 10.3. The largest absolute Gasteiger partial charge is 0.355 e. The summed E-state index contributed by atoms with van der Waals surface area (Å²) in [6, 6.07) is 4.66. The number of benzene rings is 1. The number of carbonyl (C=O) groups excluding carboxylic acids is 1. The number of nitrogens with zero attached hydrogens (tertiary/aromatic N) is 1. The Kier molecular flexibility index (Phi) is 8.78. The highest BCUT2D eigenvalue weighted by Crippen LogP contribution is 2.18. The summed E-state index contributed by atoms with van der Waals surface area (Å²) in [4.78, 5) is 14.2. The first-order valence-electron chi connectivity index (χ1n) is 8.09. The number of piperazine rings is 1. The number of hydrogen-bond donors (Lipinski definition) is 2. The van der Waals surface area contributed by atoms with Crippen molar-refractivity contribution in [3.63, 3.8) is 0 Å². The second-order valence-corrected chi connectivity index (χ2v) is 8.32. The molecule has 1 aromatic rings. The monoisotopic (exact) mass is 393 g/mol. The van der Waals surface area contributed by atoms with Crippen molar-refractivity contribution >= 4 is 28.2 Å². The van der Waals surface area contributed by atoms with Gasteiger partial charge < -0.3 is 10.6 Å². The fourth-order valence-corrected chi connectivity index (χ4v) is 3.94. The smallest absolute Gasteiger partial charge is 0.221 e. The Morgan fingerprint density at radius 2 is 1.88 bits per heavy atom. The summed E-state index contributed by atoms with van der Waals surface area (Å²) in [5, 5.41) is 5.17. The van der Waals surface area contributed by atoms with E-state index in [0.29, 0.717) is 6.54 Å². The second kappa shape index (κ2) is 10.1. The number of amides is 1. The van der Waals surface area contributed by atoms with Gasteiger partial charge in [-0.15, -0.1) is 12.4 Å². The quantitative estimate of drug-likeness (QED) is 0.670. The molecule has 2 rings (SSSR count). The van der Waals surface area contributed by atoms with E-state index < -0.39 is 20.9 Å². The summed E-state index contributed by atoms with van der Waals surface area (Å²) in [7, 11) is -3.64. The number of nitrogens with one attached hydrogen (secondary N) is 2. The maximum absolute atomic E-state index is 12.9. The van der Waals surface area contributed by atoms with Gasteiger partial charge >= 0.3 is 0 Å². The fourth-order valence-electron chi connectivity index (χ4n) is 2.59. The average molecular weight is 394 g/mol. The normalized spacial score (nSPS) is 16.7. The molecule has 0 aliphatic carbocycles. The Morgan fingerprint density at radius 1 is 1.28 bits per heavy atom. The molecule has 1 fully saturated rings. The van der Waals surface area contributed by atoms with Crippen molar-refractivity contribution in [3.05, 3.63) is 30.1 Å². The van der Waals surface area contributed by atoms with Gasteiger partial charge in [-0.2, -0.15) is 0 Å². The molecule has 0 bridgehead atoms. The SMILES string of the molecule is CC(CC(=O)NCCN1CCNCC1)S(=O)(=O)c1ccc(F)cc1.Cl. The van der Waals surface area contributed by atoms with Crippen LogP contribution in [0, 0.1) is 5.82 Å². The Hall–Kier alpha value is -1.22. The molecule has 1 saturated heterocycles. The first-order valence-corrected chi connectivity index (χ1v) is 9.63. The second-order valence-electron chi connectivity index (χ2n) is 5.96. The van der Waals surface area contributed by atoms with E-state index in [0.717, 1.165) is 44.9 Å². The molecule has 1 aliphatic rings. The van der Waals surface area contributed by atoms with E-state index in [1.807, 2.05) is 0 Å². The van der Waals surface area contributed by atoms with Gasteiger partial charge in [0.25, 0.3) is 0 Å². The van der Waals surface area contributed by atoms with Gasteiger partial charge in [0.2, 0.25) is 5.91 Å². The molecule has 2 N–H and O–H groups in total. The van der Waals surface area contributed by atoms with Crippen molar-refractivity contribution < 1.29 is 17.6 Å². The van der Waals surface area contributed by atoms with Gasteiger partial charge in [0.1, 0.15) is 5.82 Å². The Labute approximate surface area is 154 Å². The molecule has 0 aromatic heterocycles.